The molecule has 1 rings (SSSR count). The lowest BCUT2D eigenvalue weighted by Gasteiger charge is -2.10. The number of aryl methyl sites for hydroxylation is 1. The number of allylic oxidation sites excluding steroid dienone is 1. The SMILES string of the molecule is C=C(Cl)C#CC#CC(CCCCCCC)C(=O)c1ccc(C)cc1. The van der Waals surface area contributed by atoms with Gasteiger partial charge in [-0.1, -0.05) is 93.0 Å². The molecular weight excluding hydrogens is 316 g/mol. The molecular formula is C22H25ClO. The average molecular weight is 341 g/mol. The quantitative estimate of drug-likeness (QED) is 0.326. The summed E-state index contributed by atoms with van der Waals surface area (Å²) >= 11 is 5.60. The van der Waals surface area contributed by atoms with Crippen molar-refractivity contribution in [2.75, 3.05) is 0 Å². The van der Waals surface area contributed by atoms with Crippen LogP contribution in [0.3, 0.4) is 0 Å². The van der Waals surface area contributed by atoms with Gasteiger partial charge in [-0.25, -0.2) is 0 Å². The fourth-order valence-corrected chi connectivity index (χ4v) is 2.41. The smallest absolute Gasteiger partial charge is 0.177 e. The molecule has 0 aliphatic carbocycles. The fraction of sp³-hybridized carbons (Fsp3) is 0.409. The van der Waals surface area contributed by atoms with E-state index in [0.717, 1.165) is 24.8 Å². The zero-order valence-electron chi connectivity index (χ0n) is 14.6. The van der Waals surface area contributed by atoms with Crippen molar-refractivity contribution in [3.63, 3.8) is 0 Å². The van der Waals surface area contributed by atoms with Crippen LogP contribution in [0.5, 0.6) is 0 Å². The van der Waals surface area contributed by atoms with Gasteiger partial charge in [0, 0.05) is 5.56 Å². The predicted octanol–water partition coefficient (Wildman–Crippen LogP) is 5.91. The van der Waals surface area contributed by atoms with Crippen LogP contribution in [0.4, 0.5) is 0 Å². The van der Waals surface area contributed by atoms with E-state index in [0.29, 0.717) is 5.56 Å². The molecule has 0 fully saturated rings. The minimum atomic E-state index is -0.313. The first-order chi connectivity index (χ1) is 11.5. The van der Waals surface area contributed by atoms with Crippen LogP contribution in [0.1, 0.15) is 61.4 Å². The van der Waals surface area contributed by atoms with Gasteiger partial charge in [0.05, 0.1) is 11.0 Å². The lowest BCUT2D eigenvalue weighted by Crippen LogP contribution is -2.13. The summed E-state index contributed by atoms with van der Waals surface area (Å²) in [6, 6.07) is 7.65. The van der Waals surface area contributed by atoms with Gasteiger partial charge in [0.25, 0.3) is 0 Å². The molecule has 0 saturated carbocycles. The van der Waals surface area contributed by atoms with E-state index in [9.17, 15) is 4.79 Å². The highest BCUT2D eigenvalue weighted by atomic mass is 35.5. The molecule has 1 nitrogen and oxygen atoms in total. The highest BCUT2D eigenvalue weighted by molar-refractivity contribution is 6.31. The zero-order valence-corrected chi connectivity index (χ0v) is 15.4. The van der Waals surface area contributed by atoms with Gasteiger partial charge in [-0.2, -0.15) is 0 Å². The van der Waals surface area contributed by atoms with Gasteiger partial charge in [0.1, 0.15) is 0 Å². The molecule has 0 aliphatic heterocycles. The van der Waals surface area contributed by atoms with Gasteiger partial charge in [0.2, 0.25) is 0 Å². The first-order valence-corrected chi connectivity index (χ1v) is 8.89. The molecule has 24 heavy (non-hydrogen) atoms. The Morgan fingerprint density at radius 2 is 1.79 bits per heavy atom. The van der Waals surface area contributed by atoms with Crippen molar-refractivity contribution in [1.82, 2.24) is 0 Å². The van der Waals surface area contributed by atoms with Crippen LogP contribution in [-0.4, -0.2) is 5.78 Å². The average Bonchev–Trinajstić information content (AvgIpc) is 2.56. The second-order valence-corrected chi connectivity index (χ2v) is 6.37. The van der Waals surface area contributed by atoms with Gasteiger partial charge in [-0.15, -0.1) is 0 Å². The monoisotopic (exact) mass is 340 g/mol. The summed E-state index contributed by atoms with van der Waals surface area (Å²) in [5, 5.41) is 0.255. The van der Waals surface area contributed by atoms with E-state index in [2.05, 4.69) is 37.2 Å². The molecule has 0 N–H and O–H groups in total. The maximum Gasteiger partial charge on any atom is 0.177 e. The number of ketones is 1. The van der Waals surface area contributed by atoms with Crippen molar-refractivity contribution in [1.29, 1.82) is 0 Å². The lowest BCUT2D eigenvalue weighted by molar-refractivity contribution is 0.0943. The van der Waals surface area contributed by atoms with Crippen LogP contribution in [0, 0.1) is 36.5 Å². The van der Waals surface area contributed by atoms with E-state index in [1.807, 2.05) is 31.2 Å². The van der Waals surface area contributed by atoms with Crippen LogP contribution in [0.25, 0.3) is 0 Å². The molecule has 0 bridgehead atoms. The van der Waals surface area contributed by atoms with Crippen molar-refractivity contribution in [2.24, 2.45) is 5.92 Å². The molecule has 0 saturated heterocycles. The number of halogens is 1. The summed E-state index contributed by atoms with van der Waals surface area (Å²) in [5.74, 6) is 10.8. The van der Waals surface area contributed by atoms with Crippen molar-refractivity contribution in [2.45, 2.75) is 52.4 Å². The standard InChI is InChI=1S/C22H25ClO/c1-4-5-6-7-8-12-20(13-10-9-11-19(3)23)22(24)21-16-14-18(2)15-17-21/h14-17,20H,3-8,12H2,1-2H3. The maximum atomic E-state index is 12.7. The van der Waals surface area contributed by atoms with E-state index in [1.54, 1.807) is 0 Å². The normalized spacial score (nSPS) is 10.8. The van der Waals surface area contributed by atoms with Crippen molar-refractivity contribution in [3.8, 4) is 23.7 Å². The van der Waals surface area contributed by atoms with Gasteiger partial charge in [0.15, 0.2) is 5.78 Å². The third kappa shape index (κ3) is 8.05. The Balaban J connectivity index is 2.79. The van der Waals surface area contributed by atoms with Crippen LogP contribution < -0.4 is 0 Å². The summed E-state index contributed by atoms with van der Waals surface area (Å²) in [7, 11) is 0. The second kappa shape index (κ2) is 11.6. The Morgan fingerprint density at radius 3 is 2.42 bits per heavy atom. The molecule has 0 aromatic heterocycles. The first kappa shape index (κ1) is 20.1. The molecule has 1 aromatic carbocycles. The molecule has 1 atom stereocenters. The third-order valence-corrected chi connectivity index (χ3v) is 3.85. The molecule has 0 spiro atoms. The fourth-order valence-electron chi connectivity index (χ4n) is 2.36. The Kier molecular flexibility index (Phi) is 9.67. The molecule has 0 radical (unpaired) electrons. The minimum absolute atomic E-state index is 0.0736. The van der Waals surface area contributed by atoms with Crippen LogP contribution in [0.2, 0.25) is 0 Å². The van der Waals surface area contributed by atoms with Crippen LogP contribution >= 0.6 is 11.6 Å². The van der Waals surface area contributed by atoms with E-state index >= 15 is 0 Å². The summed E-state index contributed by atoms with van der Waals surface area (Å²) in [4.78, 5) is 12.7. The number of hydrogen-bond donors (Lipinski definition) is 0. The van der Waals surface area contributed by atoms with Gasteiger partial charge < -0.3 is 0 Å². The molecule has 1 aromatic rings. The van der Waals surface area contributed by atoms with Crippen molar-refractivity contribution < 1.29 is 4.79 Å². The third-order valence-electron chi connectivity index (χ3n) is 3.76. The van der Waals surface area contributed by atoms with Crippen LogP contribution in [0.15, 0.2) is 35.9 Å². The van der Waals surface area contributed by atoms with E-state index in [4.69, 9.17) is 11.6 Å². The van der Waals surface area contributed by atoms with Gasteiger partial charge >= 0.3 is 0 Å². The molecule has 2 heteroatoms. The Bertz CT molecular complexity index is 662. The Labute approximate surface area is 151 Å². The molecule has 0 heterocycles. The van der Waals surface area contributed by atoms with E-state index in [-0.39, 0.29) is 16.7 Å². The summed E-state index contributed by atoms with van der Waals surface area (Å²) < 4.78 is 0. The minimum Gasteiger partial charge on any atom is -0.293 e. The molecule has 0 aliphatic rings. The topological polar surface area (TPSA) is 17.1 Å². The molecule has 0 amide bonds. The highest BCUT2D eigenvalue weighted by Crippen LogP contribution is 2.17. The largest absolute Gasteiger partial charge is 0.293 e. The number of hydrogen-bond acceptors (Lipinski definition) is 1. The number of carbonyl (C=O) groups excluding carboxylic acids is 1. The maximum absolute atomic E-state index is 12.7. The number of carbonyl (C=O) groups is 1. The van der Waals surface area contributed by atoms with E-state index in [1.165, 1.54) is 19.3 Å². The summed E-state index contributed by atoms with van der Waals surface area (Å²) in [6.07, 6.45) is 6.58. The number of rotatable bonds is 8. The second-order valence-electron chi connectivity index (χ2n) is 5.91. The van der Waals surface area contributed by atoms with Gasteiger partial charge in [-0.05, 0) is 31.1 Å². The number of benzene rings is 1. The Morgan fingerprint density at radius 1 is 1.12 bits per heavy atom. The first-order valence-electron chi connectivity index (χ1n) is 8.51. The number of unbranched alkanes of at least 4 members (excludes halogenated alkanes) is 4. The van der Waals surface area contributed by atoms with Crippen LogP contribution in [-0.2, 0) is 0 Å². The lowest BCUT2D eigenvalue weighted by atomic mass is 9.92. The van der Waals surface area contributed by atoms with E-state index < -0.39 is 0 Å². The molecule has 1 unspecified atom stereocenters. The van der Waals surface area contributed by atoms with Crippen molar-refractivity contribution >= 4 is 17.4 Å². The highest BCUT2D eigenvalue weighted by Gasteiger charge is 2.17. The predicted molar refractivity (Wildman–Crippen MR) is 103 cm³/mol. The van der Waals surface area contributed by atoms with Crippen molar-refractivity contribution in [3.05, 3.63) is 47.0 Å². The summed E-state index contributed by atoms with van der Waals surface area (Å²) in [5.41, 5.74) is 1.85. The zero-order chi connectivity index (χ0) is 17.8. The van der Waals surface area contributed by atoms with Gasteiger partial charge in [-0.3, -0.25) is 4.79 Å². The Hall–Kier alpha value is -1.96. The number of Topliss-reactive ketones (excluding diaryl/α,β-unsaturated/α-hetero) is 1. The molecule has 126 valence electrons. The summed E-state index contributed by atoms with van der Waals surface area (Å²) in [6.45, 7) is 7.70.